The Morgan fingerprint density at radius 1 is 0.767 bits per heavy atom. The van der Waals surface area contributed by atoms with Crippen molar-refractivity contribution in [3.05, 3.63) is 0 Å². The third-order valence-corrected chi connectivity index (χ3v) is 7.62. The highest BCUT2D eigenvalue weighted by molar-refractivity contribution is 9.09. The second-order valence-electron chi connectivity index (χ2n) is 9.20. The molecule has 2 fully saturated rings. The number of esters is 1. The van der Waals surface area contributed by atoms with E-state index in [-0.39, 0.29) is 22.8 Å². The first kappa shape index (κ1) is 26.1. The highest BCUT2D eigenvalue weighted by Gasteiger charge is 2.35. The van der Waals surface area contributed by atoms with Crippen molar-refractivity contribution in [2.45, 2.75) is 127 Å². The minimum atomic E-state index is -0.0302. The van der Waals surface area contributed by atoms with Crippen LogP contribution in [0, 0.1) is 5.92 Å². The van der Waals surface area contributed by atoms with Crippen LogP contribution in [0.3, 0.4) is 0 Å². The first-order valence-corrected chi connectivity index (χ1v) is 13.7. The molecule has 30 heavy (non-hydrogen) atoms. The highest BCUT2D eigenvalue weighted by atomic mass is 79.9. The quantitative estimate of drug-likeness (QED) is 0.142. The lowest BCUT2D eigenvalue weighted by Crippen LogP contribution is -2.36. The molecule has 2 saturated carbocycles. The molecule has 0 bridgehead atoms. The Morgan fingerprint density at radius 3 is 2.07 bits per heavy atom. The summed E-state index contributed by atoms with van der Waals surface area (Å²) in [6, 6.07) is 0. The number of ether oxygens (including phenoxy) is 3. The van der Waals surface area contributed by atoms with Crippen LogP contribution >= 0.6 is 15.9 Å². The van der Waals surface area contributed by atoms with Gasteiger partial charge in [-0.1, -0.05) is 87.1 Å². The number of rotatable bonds is 15. The maximum atomic E-state index is 12.4. The van der Waals surface area contributed by atoms with Crippen molar-refractivity contribution in [3.8, 4) is 0 Å². The summed E-state index contributed by atoms with van der Waals surface area (Å²) < 4.78 is 17.5. The molecule has 2 rings (SSSR count). The molecular formula is C25H45BrO4. The van der Waals surface area contributed by atoms with Crippen molar-refractivity contribution in [1.29, 1.82) is 0 Å². The van der Waals surface area contributed by atoms with Crippen molar-refractivity contribution in [3.63, 3.8) is 0 Å². The van der Waals surface area contributed by atoms with Gasteiger partial charge in [0.2, 0.25) is 0 Å². The maximum Gasteiger partial charge on any atom is 0.310 e. The molecule has 0 amide bonds. The zero-order valence-electron chi connectivity index (χ0n) is 19.3. The van der Waals surface area contributed by atoms with E-state index >= 15 is 0 Å². The van der Waals surface area contributed by atoms with Gasteiger partial charge in [0.1, 0.15) is 0 Å². The third-order valence-electron chi connectivity index (χ3n) is 6.61. The first-order valence-electron chi connectivity index (χ1n) is 12.7. The molecule has 0 N–H and O–H groups in total. The lowest BCUT2D eigenvalue weighted by atomic mass is 9.87. The SMILES string of the molecule is CCCCCCCCCCOC(=O)C1CCC(OCCOC2CCCCC2)CC1Br. The number of unbranched alkanes of at least 4 members (excludes halogenated alkanes) is 7. The summed E-state index contributed by atoms with van der Waals surface area (Å²) in [6.45, 7) is 4.17. The van der Waals surface area contributed by atoms with E-state index in [9.17, 15) is 4.79 Å². The van der Waals surface area contributed by atoms with E-state index in [0.717, 1.165) is 25.7 Å². The fourth-order valence-corrected chi connectivity index (χ4v) is 5.57. The lowest BCUT2D eigenvalue weighted by Gasteiger charge is -2.31. The van der Waals surface area contributed by atoms with Gasteiger partial charge in [0.05, 0.1) is 37.9 Å². The van der Waals surface area contributed by atoms with Crippen LogP contribution in [0.4, 0.5) is 0 Å². The zero-order valence-corrected chi connectivity index (χ0v) is 20.8. The van der Waals surface area contributed by atoms with Gasteiger partial charge in [0.15, 0.2) is 0 Å². The van der Waals surface area contributed by atoms with Gasteiger partial charge in [0.25, 0.3) is 0 Å². The van der Waals surface area contributed by atoms with Crippen LogP contribution in [0.15, 0.2) is 0 Å². The number of carbonyl (C=O) groups excluding carboxylic acids is 1. The minimum Gasteiger partial charge on any atom is -0.465 e. The fourth-order valence-electron chi connectivity index (χ4n) is 4.67. The molecule has 0 aromatic heterocycles. The molecule has 176 valence electrons. The number of hydrogen-bond donors (Lipinski definition) is 0. The standard InChI is InChI=1S/C25H45BrO4/c1-2-3-4-5-6-7-8-12-17-30-25(27)23-16-15-22(20-24(23)26)29-19-18-28-21-13-10-9-11-14-21/h21-24H,2-20H2,1H3. The summed E-state index contributed by atoms with van der Waals surface area (Å²) in [6.07, 6.45) is 19.8. The molecule has 0 heterocycles. The molecule has 3 atom stereocenters. The van der Waals surface area contributed by atoms with Crippen molar-refractivity contribution in [2.24, 2.45) is 5.92 Å². The van der Waals surface area contributed by atoms with Crippen molar-refractivity contribution in [2.75, 3.05) is 19.8 Å². The summed E-state index contributed by atoms with van der Waals surface area (Å²) in [4.78, 5) is 12.6. The Morgan fingerprint density at radius 2 is 1.40 bits per heavy atom. The summed E-state index contributed by atoms with van der Waals surface area (Å²) in [5.74, 6) is -0.0590. The molecule has 0 aromatic rings. The third kappa shape index (κ3) is 10.9. The van der Waals surface area contributed by atoms with E-state index in [4.69, 9.17) is 14.2 Å². The summed E-state index contributed by atoms with van der Waals surface area (Å²) in [5.41, 5.74) is 0. The van der Waals surface area contributed by atoms with Gasteiger partial charge in [-0.25, -0.2) is 0 Å². The average molecular weight is 490 g/mol. The Hall–Kier alpha value is -0.130. The van der Waals surface area contributed by atoms with E-state index in [1.54, 1.807) is 0 Å². The van der Waals surface area contributed by atoms with Gasteiger partial charge in [-0.05, 0) is 38.5 Å². The van der Waals surface area contributed by atoms with Crippen LogP contribution in [-0.4, -0.2) is 42.8 Å². The lowest BCUT2D eigenvalue weighted by molar-refractivity contribution is -0.150. The molecule has 0 spiro atoms. The van der Waals surface area contributed by atoms with Crippen LogP contribution in [-0.2, 0) is 19.0 Å². The molecule has 0 aromatic carbocycles. The molecule has 2 aliphatic rings. The van der Waals surface area contributed by atoms with Crippen LogP contribution in [0.25, 0.3) is 0 Å². The average Bonchev–Trinajstić information content (AvgIpc) is 2.76. The molecule has 5 heteroatoms. The Kier molecular flexibility index (Phi) is 14.4. The van der Waals surface area contributed by atoms with Crippen molar-refractivity contribution >= 4 is 21.9 Å². The molecule has 0 aliphatic heterocycles. The van der Waals surface area contributed by atoms with Crippen LogP contribution in [0.2, 0.25) is 0 Å². The molecule has 3 unspecified atom stereocenters. The maximum absolute atomic E-state index is 12.4. The second-order valence-corrected chi connectivity index (χ2v) is 10.4. The number of carbonyl (C=O) groups is 1. The van der Waals surface area contributed by atoms with Gasteiger partial charge in [0, 0.05) is 4.83 Å². The fraction of sp³-hybridized carbons (Fsp3) is 0.960. The Bertz CT molecular complexity index is 439. The summed E-state index contributed by atoms with van der Waals surface area (Å²) in [5, 5.41) is 0. The van der Waals surface area contributed by atoms with Crippen LogP contribution < -0.4 is 0 Å². The molecule has 0 saturated heterocycles. The monoisotopic (exact) mass is 488 g/mol. The Balaban J connectivity index is 1.47. The van der Waals surface area contributed by atoms with E-state index in [1.807, 2.05) is 0 Å². The number of halogens is 1. The van der Waals surface area contributed by atoms with E-state index in [1.165, 1.54) is 77.0 Å². The summed E-state index contributed by atoms with van der Waals surface area (Å²) >= 11 is 3.72. The predicted molar refractivity (Wildman–Crippen MR) is 126 cm³/mol. The van der Waals surface area contributed by atoms with Gasteiger partial charge in [-0.15, -0.1) is 0 Å². The van der Waals surface area contributed by atoms with E-state index < -0.39 is 0 Å². The van der Waals surface area contributed by atoms with Crippen molar-refractivity contribution < 1.29 is 19.0 Å². The van der Waals surface area contributed by atoms with Crippen LogP contribution in [0.1, 0.15) is 110 Å². The highest BCUT2D eigenvalue weighted by Crippen LogP contribution is 2.33. The molecule has 0 radical (unpaired) electrons. The predicted octanol–water partition coefficient (Wildman–Crippen LogP) is 6.97. The second kappa shape index (κ2) is 16.5. The summed E-state index contributed by atoms with van der Waals surface area (Å²) in [7, 11) is 0. The van der Waals surface area contributed by atoms with E-state index in [0.29, 0.717) is 25.9 Å². The zero-order chi connectivity index (χ0) is 21.4. The van der Waals surface area contributed by atoms with Gasteiger partial charge in [-0.3, -0.25) is 4.79 Å². The smallest absolute Gasteiger partial charge is 0.310 e. The van der Waals surface area contributed by atoms with Gasteiger partial charge < -0.3 is 14.2 Å². The molecule has 2 aliphatic carbocycles. The minimum absolute atomic E-state index is 0.0288. The normalized spacial score (nSPS) is 25.3. The topological polar surface area (TPSA) is 44.8 Å². The Labute approximate surface area is 193 Å². The van der Waals surface area contributed by atoms with Crippen LogP contribution in [0.5, 0.6) is 0 Å². The number of hydrogen-bond acceptors (Lipinski definition) is 4. The van der Waals surface area contributed by atoms with E-state index in [2.05, 4.69) is 22.9 Å². The van der Waals surface area contributed by atoms with Gasteiger partial charge in [-0.2, -0.15) is 0 Å². The molecule has 4 nitrogen and oxygen atoms in total. The van der Waals surface area contributed by atoms with Gasteiger partial charge >= 0.3 is 5.97 Å². The van der Waals surface area contributed by atoms with Crippen molar-refractivity contribution in [1.82, 2.24) is 0 Å². The first-order chi connectivity index (χ1) is 14.7. The molecular weight excluding hydrogens is 444 g/mol. The number of alkyl halides is 1. The largest absolute Gasteiger partial charge is 0.465 e.